The predicted molar refractivity (Wildman–Crippen MR) is 90.0 cm³/mol. The molecule has 23 heavy (non-hydrogen) atoms. The molecule has 0 radical (unpaired) electrons. The first-order valence-electron chi connectivity index (χ1n) is 8.04. The van der Waals surface area contributed by atoms with Gasteiger partial charge in [-0.25, -0.2) is 4.98 Å². The second-order valence-electron chi connectivity index (χ2n) is 6.12. The molecule has 3 rings (SSSR count). The highest BCUT2D eigenvalue weighted by Crippen LogP contribution is 2.18. The Kier molecular flexibility index (Phi) is 5.40. The van der Waals surface area contributed by atoms with E-state index in [1.54, 1.807) is 24.0 Å². The lowest BCUT2D eigenvalue weighted by molar-refractivity contribution is -0.132. The smallest absolute Gasteiger partial charge is 0.236 e. The highest BCUT2D eigenvalue weighted by atomic mass is 32.1. The molecule has 1 aliphatic heterocycles. The van der Waals surface area contributed by atoms with Crippen molar-refractivity contribution in [2.75, 3.05) is 20.1 Å². The van der Waals surface area contributed by atoms with Crippen LogP contribution in [0.1, 0.15) is 24.8 Å². The van der Waals surface area contributed by atoms with E-state index in [0.29, 0.717) is 19.1 Å². The number of likely N-dealkylation sites (N-methyl/N-ethyl adjacent to an activating group) is 1. The van der Waals surface area contributed by atoms with E-state index in [0.717, 1.165) is 25.9 Å². The van der Waals surface area contributed by atoms with Crippen LogP contribution >= 0.6 is 11.3 Å². The van der Waals surface area contributed by atoms with Gasteiger partial charge in [-0.1, -0.05) is 6.42 Å². The van der Waals surface area contributed by atoms with Crippen molar-refractivity contribution in [3.05, 3.63) is 35.0 Å². The summed E-state index contributed by atoms with van der Waals surface area (Å²) in [5.41, 5.74) is 1.20. The van der Waals surface area contributed by atoms with E-state index in [1.165, 1.54) is 12.0 Å². The zero-order valence-corrected chi connectivity index (χ0v) is 14.3. The van der Waals surface area contributed by atoms with Gasteiger partial charge in [-0.15, -0.1) is 0 Å². The lowest BCUT2D eigenvalue weighted by atomic mass is 10.0. The Morgan fingerprint density at radius 3 is 3.13 bits per heavy atom. The number of likely N-dealkylation sites (tertiary alicyclic amines) is 1. The summed E-state index contributed by atoms with van der Waals surface area (Å²) in [6.07, 6.45) is 6.80. The predicted octanol–water partition coefficient (Wildman–Crippen LogP) is 1.85. The molecule has 0 aliphatic carbocycles. The Hall–Kier alpha value is -1.73. The van der Waals surface area contributed by atoms with Crippen molar-refractivity contribution in [1.82, 2.24) is 24.6 Å². The van der Waals surface area contributed by atoms with E-state index in [9.17, 15) is 4.79 Å². The standard InChI is InChI=1S/C16H23N5OS/c1-19(8-14-5-7-23-11-14)16(22)10-20-6-3-2-4-15(20)9-21-13-17-12-18-21/h5,7,11-13,15H,2-4,6,8-10H2,1H3/t15-/m0/s1. The van der Waals surface area contributed by atoms with Crippen LogP contribution in [-0.2, 0) is 17.9 Å². The van der Waals surface area contributed by atoms with Crippen molar-refractivity contribution in [3.8, 4) is 0 Å². The van der Waals surface area contributed by atoms with Crippen molar-refractivity contribution in [1.29, 1.82) is 0 Å². The fraction of sp³-hybridized carbons (Fsp3) is 0.562. The van der Waals surface area contributed by atoms with Gasteiger partial charge in [-0.3, -0.25) is 14.4 Å². The molecule has 0 saturated carbocycles. The molecule has 2 aromatic rings. The largest absolute Gasteiger partial charge is 0.340 e. The van der Waals surface area contributed by atoms with Crippen LogP contribution in [-0.4, -0.2) is 56.7 Å². The zero-order chi connectivity index (χ0) is 16.1. The van der Waals surface area contributed by atoms with Crippen LogP contribution in [0.2, 0.25) is 0 Å². The first-order chi connectivity index (χ1) is 11.2. The number of thiophene rings is 1. The average Bonchev–Trinajstić information content (AvgIpc) is 3.23. The number of carbonyl (C=O) groups is 1. The molecule has 0 unspecified atom stereocenters. The molecule has 124 valence electrons. The van der Waals surface area contributed by atoms with Crippen LogP contribution in [0.3, 0.4) is 0 Å². The van der Waals surface area contributed by atoms with E-state index in [4.69, 9.17) is 0 Å². The average molecular weight is 333 g/mol. The van der Waals surface area contributed by atoms with Gasteiger partial charge >= 0.3 is 0 Å². The minimum absolute atomic E-state index is 0.182. The van der Waals surface area contributed by atoms with E-state index in [2.05, 4.69) is 26.4 Å². The quantitative estimate of drug-likeness (QED) is 0.810. The van der Waals surface area contributed by atoms with Gasteiger partial charge < -0.3 is 4.90 Å². The summed E-state index contributed by atoms with van der Waals surface area (Å²) in [5, 5.41) is 8.34. The SMILES string of the molecule is CN(Cc1ccsc1)C(=O)CN1CCCC[C@H]1Cn1cncn1. The van der Waals surface area contributed by atoms with Gasteiger partial charge in [0.2, 0.25) is 5.91 Å². The maximum absolute atomic E-state index is 12.5. The normalized spacial score (nSPS) is 18.9. The van der Waals surface area contributed by atoms with Crippen molar-refractivity contribution in [3.63, 3.8) is 0 Å². The number of hydrogen-bond acceptors (Lipinski definition) is 5. The summed E-state index contributed by atoms with van der Waals surface area (Å²) in [6.45, 7) is 2.96. The van der Waals surface area contributed by atoms with Crippen molar-refractivity contribution in [2.24, 2.45) is 0 Å². The van der Waals surface area contributed by atoms with E-state index >= 15 is 0 Å². The fourth-order valence-corrected chi connectivity index (χ4v) is 3.72. The number of piperidine rings is 1. The van der Waals surface area contributed by atoms with Gasteiger partial charge in [0.05, 0.1) is 13.1 Å². The molecule has 1 saturated heterocycles. The zero-order valence-electron chi connectivity index (χ0n) is 13.5. The lowest BCUT2D eigenvalue weighted by Gasteiger charge is -2.35. The van der Waals surface area contributed by atoms with Gasteiger partial charge in [0.1, 0.15) is 12.7 Å². The summed E-state index contributed by atoms with van der Waals surface area (Å²) >= 11 is 1.67. The third kappa shape index (κ3) is 4.39. The third-order valence-corrected chi connectivity index (χ3v) is 5.11. The van der Waals surface area contributed by atoms with Crippen LogP contribution in [0, 0.1) is 0 Å². The van der Waals surface area contributed by atoms with Crippen molar-refractivity contribution in [2.45, 2.75) is 38.4 Å². The van der Waals surface area contributed by atoms with Crippen LogP contribution in [0.4, 0.5) is 0 Å². The molecular formula is C16H23N5OS. The molecule has 0 aromatic carbocycles. The topological polar surface area (TPSA) is 54.3 Å². The third-order valence-electron chi connectivity index (χ3n) is 4.38. The Balaban J connectivity index is 1.56. The first kappa shape index (κ1) is 16.1. The monoisotopic (exact) mass is 333 g/mol. The number of amides is 1. The molecule has 1 amide bonds. The van der Waals surface area contributed by atoms with Gasteiger partial charge in [0.15, 0.2) is 0 Å². The highest BCUT2D eigenvalue weighted by Gasteiger charge is 2.26. The second kappa shape index (κ2) is 7.70. The molecule has 6 nitrogen and oxygen atoms in total. The van der Waals surface area contributed by atoms with Crippen molar-refractivity contribution >= 4 is 17.2 Å². The van der Waals surface area contributed by atoms with Gasteiger partial charge in [-0.05, 0) is 41.8 Å². The number of hydrogen-bond donors (Lipinski definition) is 0. The summed E-state index contributed by atoms with van der Waals surface area (Å²) < 4.78 is 1.86. The molecule has 0 spiro atoms. The maximum Gasteiger partial charge on any atom is 0.236 e. The van der Waals surface area contributed by atoms with Gasteiger partial charge in [0, 0.05) is 19.6 Å². The van der Waals surface area contributed by atoms with E-state index < -0.39 is 0 Å². The number of rotatable bonds is 6. The molecular weight excluding hydrogens is 310 g/mol. The van der Waals surface area contributed by atoms with Crippen LogP contribution in [0.15, 0.2) is 29.5 Å². The van der Waals surface area contributed by atoms with E-state index in [-0.39, 0.29) is 5.91 Å². The highest BCUT2D eigenvalue weighted by molar-refractivity contribution is 7.07. The fourth-order valence-electron chi connectivity index (χ4n) is 3.06. The summed E-state index contributed by atoms with van der Waals surface area (Å²) in [5.74, 6) is 0.182. The molecule has 1 fully saturated rings. The van der Waals surface area contributed by atoms with Gasteiger partial charge in [-0.2, -0.15) is 16.4 Å². The molecule has 0 bridgehead atoms. The summed E-state index contributed by atoms with van der Waals surface area (Å²) in [6, 6.07) is 2.44. The molecule has 1 aliphatic rings. The minimum Gasteiger partial charge on any atom is -0.340 e. The molecule has 0 N–H and O–H groups in total. The number of carbonyl (C=O) groups excluding carboxylic acids is 1. The Labute approximate surface area is 140 Å². The Morgan fingerprint density at radius 1 is 1.48 bits per heavy atom. The summed E-state index contributed by atoms with van der Waals surface area (Å²) in [7, 11) is 1.89. The van der Waals surface area contributed by atoms with Crippen LogP contribution < -0.4 is 0 Å². The molecule has 3 heterocycles. The minimum atomic E-state index is 0.182. The summed E-state index contributed by atoms with van der Waals surface area (Å²) in [4.78, 5) is 20.7. The van der Waals surface area contributed by atoms with E-state index in [1.807, 2.05) is 22.0 Å². The van der Waals surface area contributed by atoms with Crippen molar-refractivity contribution < 1.29 is 4.79 Å². The first-order valence-corrected chi connectivity index (χ1v) is 8.98. The Morgan fingerprint density at radius 2 is 2.39 bits per heavy atom. The van der Waals surface area contributed by atoms with Gasteiger partial charge in [0.25, 0.3) is 0 Å². The maximum atomic E-state index is 12.5. The molecule has 7 heteroatoms. The van der Waals surface area contributed by atoms with Crippen LogP contribution in [0.5, 0.6) is 0 Å². The Bertz CT molecular complexity index is 598. The van der Waals surface area contributed by atoms with Crippen LogP contribution in [0.25, 0.3) is 0 Å². The second-order valence-corrected chi connectivity index (χ2v) is 6.90. The lowest BCUT2D eigenvalue weighted by Crippen LogP contribution is -2.47. The number of aromatic nitrogens is 3. The molecule has 1 atom stereocenters. The number of nitrogens with zero attached hydrogens (tertiary/aromatic N) is 5. The molecule has 2 aromatic heterocycles.